The predicted molar refractivity (Wildman–Crippen MR) is 128 cm³/mol. The van der Waals surface area contributed by atoms with E-state index < -0.39 is 4.92 Å². The van der Waals surface area contributed by atoms with Crippen molar-refractivity contribution in [3.05, 3.63) is 96.1 Å². The second-order valence-electron chi connectivity index (χ2n) is 6.40. The number of allylic oxidation sites excluding steroid dienone is 1. The van der Waals surface area contributed by atoms with Crippen LogP contribution < -0.4 is 9.47 Å². The molecule has 0 amide bonds. The molecule has 0 spiro atoms. The minimum absolute atomic E-state index is 0.00635. The van der Waals surface area contributed by atoms with Gasteiger partial charge in [-0.2, -0.15) is 5.26 Å². The van der Waals surface area contributed by atoms with Crippen LogP contribution in [-0.2, 0) is 6.61 Å². The zero-order valence-electron chi connectivity index (χ0n) is 16.3. The van der Waals surface area contributed by atoms with E-state index in [9.17, 15) is 15.4 Å². The minimum atomic E-state index is -0.444. The molecule has 6 nitrogen and oxygen atoms in total. The fourth-order valence-corrected chi connectivity index (χ4v) is 3.91. The first kappa shape index (κ1) is 22.6. The standard InChI is InChI=1S/C23H16ClIN2O4/c1-30-22-12-16(9-17(13-26)19-7-2-3-8-20(19)24)11-21(25)23(22)31-14-15-5-4-6-18(10-15)27(28)29/h2-12H,14H2,1H3. The number of non-ortho nitro benzene ring substituents is 1. The lowest BCUT2D eigenvalue weighted by Gasteiger charge is -2.14. The van der Waals surface area contributed by atoms with E-state index in [0.29, 0.717) is 33.2 Å². The molecule has 0 heterocycles. The Bertz CT molecular complexity index is 1200. The van der Waals surface area contributed by atoms with Crippen LogP contribution in [0.15, 0.2) is 60.7 Å². The van der Waals surface area contributed by atoms with Crippen LogP contribution in [0, 0.1) is 25.0 Å². The van der Waals surface area contributed by atoms with Crippen LogP contribution >= 0.6 is 34.2 Å². The number of nitro benzene ring substituents is 1. The summed E-state index contributed by atoms with van der Waals surface area (Å²) in [7, 11) is 1.53. The number of methoxy groups -OCH3 is 1. The Morgan fingerprint density at radius 2 is 2.00 bits per heavy atom. The minimum Gasteiger partial charge on any atom is -0.493 e. The molecular weight excluding hydrogens is 531 g/mol. The smallest absolute Gasteiger partial charge is 0.269 e. The summed E-state index contributed by atoms with van der Waals surface area (Å²) < 4.78 is 12.2. The zero-order valence-corrected chi connectivity index (χ0v) is 19.3. The summed E-state index contributed by atoms with van der Waals surface area (Å²) in [4.78, 5) is 10.5. The van der Waals surface area contributed by atoms with E-state index >= 15 is 0 Å². The van der Waals surface area contributed by atoms with Crippen LogP contribution in [-0.4, -0.2) is 12.0 Å². The molecule has 0 N–H and O–H groups in total. The molecule has 0 aliphatic rings. The summed E-state index contributed by atoms with van der Waals surface area (Å²) >= 11 is 8.35. The van der Waals surface area contributed by atoms with Crippen molar-refractivity contribution in [2.45, 2.75) is 6.61 Å². The molecule has 0 radical (unpaired) electrons. The van der Waals surface area contributed by atoms with E-state index in [4.69, 9.17) is 21.1 Å². The average molecular weight is 547 g/mol. The highest BCUT2D eigenvalue weighted by Crippen LogP contribution is 2.36. The van der Waals surface area contributed by atoms with Gasteiger partial charge in [0.1, 0.15) is 6.61 Å². The lowest BCUT2D eigenvalue weighted by molar-refractivity contribution is -0.384. The van der Waals surface area contributed by atoms with Crippen LogP contribution in [0.5, 0.6) is 11.5 Å². The average Bonchev–Trinajstić information content (AvgIpc) is 2.77. The number of nitrogens with zero attached hydrogens (tertiary/aromatic N) is 2. The highest BCUT2D eigenvalue weighted by atomic mass is 127. The summed E-state index contributed by atoms with van der Waals surface area (Å²) in [5.41, 5.74) is 2.49. The van der Waals surface area contributed by atoms with Crippen molar-refractivity contribution in [1.82, 2.24) is 0 Å². The van der Waals surface area contributed by atoms with E-state index in [1.807, 2.05) is 12.1 Å². The van der Waals surface area contributed by atoms with Gasteiger partial charge < -0.3 is 9.47 Å². The third-order valence-electron chi connectivity index (χ3n) is 4.35. The van der Waals surface area contributed by atoms with Gasteiger partial charge in [0.2, 0.25) is 0 Å². The highest BCUT2D eigenvalue weighted by Gasteiger charge is 2.14. The van der Waals surface area contributed by atoms with Gasteiger partial charge in [-0.15, -0.1) is 0 Å². The summed E-state index contributed by atoms with van der Waals surface area (Å²) in [6.07, 6.45) is 1.73. The van der Waals surface area contributed by atoms with Crippen molar-refractivity contribution in [3.8, 4) is 17.6 Å². The van der Waals surface area contributed by atoms with Gasteiger partial charge in [-0.1, -0.05) is 41.9 Å². The molecule has 0 aliphatic carbocycles. The van der Waals surface area contributed by atoms with Crippen molar-refractivity contribution in [3.63, 3.8) is 0 Å². The fourth-order valence-electron chi connectivity index (χ4n) is 2.90. The number of benzene rings is 3. The maximum absolute atomic E-state index is 11.0. The number of hydrogen-bond acceptors (Lipinski definition) is 5. The largest absolute Gasteiger partial charge is 0.493 e. The van der Waals surface area contributed by atoms with Crippen LogP contribution in [0.1, 0.15) is 16.7 Å². The molecule has 8 heteroatoms. The van der Waals surface area contributed by atoms with Gasteiger partial charge in [-0.05, 0) is 58.0 Å². The first-order chi connectivity index (χ1) is 14.9. The first-order valence-electron chi connectivity index (χ1n) is 9.03. The molecule has 0 aliphatic heterocycles. The molecule has 0 atom stereocenters. The molecule has 3 rings (SSSR count). The quantitative estimate of drug-likeness (QED) is 0.111. The molecule has 0 fully saturated rings. The molecule has 31 heavy (non-hydrogen) atoms. The van der Waals surface area contributed by atoms with Crippen LogP contribution in [0.2, 0.25) is 5.02 Å². The number of nitro groups is 1. The van der Waals surface area contributed by atoms with Gasteiger partial charge in [0.05, 0.1) is 27.2 Å². The monoisotopic (exact) mass is 546 g/mol. The van der Waals surface area contributed by atoms with Crippen molar-refractivity contribution in [1.29, 1.82) is 5.26 Å². The Morgan fingerprint density at radius 1 is 1.23 bits per heavy atom. The van der Waals surface area contributed by atoms with Crippen LogP contribution in [0.3, 0.4) is 0 Å². The van der Waals surface area contributed by atoms with Gasteiger partial charge >= 0.3 is 0 Å². The van der Waals surface area contributed by atoms with Gasteiger partial charge in [0.15, 0.2) is 11.5 Å². The number of ether oxygens (including phenoxy) is 2. The van der Waals surface area contributed by atoms with Crippen LogP contribution in [0.25, 0.3) is 11.6 Å². The summed E-state index contributed by atoms with van der Waals surface area (Å²) in [5, 5.41) is 21.1. The molecule has 3 aromatic rings. The summed E-state index contributed by atoms with van der Waals surface area (Å²) in [6.45, 7) is 0.145. The molecule has 3 aromatic carbocycles. The Balaban J connectivity index is 1.90. The van der Waals surface area contributed by atoms with Crippen LogP contribution in [0.4, 0.5) is 5.69 Å². The van der Waals surface area contributed by atoms with Crippen molar-refractivity contribution in [2.24, 2.45) is 0 Å². The molecule has 0 bridgehead atoms. The van der Waals surface area contributed by atoms with Crippen molar-refractivity contribution < 1.29 is 14.4 Å². The summed E-state index contributed by atoms with van der Waals surface area (Å²) in [5.74, 6) is 1.00. The highest BCUT2D eigenvalue weighted by molar-refractivity contribution is 14.1. The number of halogens is 2. The number of hydrogen-bond donors (Lipinski definition) is 0. The third kappa shape index (κ3) is 5.54. The van der Waals surface area contributed by atoms with E-state index in [2.05, 4.69) is 28.7 Å². The molecule has 0 aromatic heterocycles. The van der Waals surface area contributed by atoms with Crippen molar-refractivity contribution >= 4 is 51.5 Å². The predicted octanol–water partition coefficient (Wildman–Crippen LogP) is 6.50. The van der Waals surface area contributed by atoms with E-state index in [1.165, 1.54) is 19.2 Å². The maximum Gasteiger partial charge on any atom is 0.269 e. The lowest BCUT2D eigenvalue weighted by atomic mass is 10.0. The van der Waals surface area contributed by atoms with E-state index in [-0.39, 0.29) is 12.3 Å². The first-order valence-corrected chi connectivity index (χ1v) is 10.5. The second-order valence-corrected chi connectivity index (χ2v) is 7.97. The van der Waals surface area contributed by atoms with Gasteiger partial charge in [-0.3, -0.25) is 10.1 Å². The Morgan fingerprint density at radius 3 is 2.68 bits per heavy atom. The summed E-state index contributed by atoms with van der Waals surface area (Å²) in [6, 6.07) is 19.2. The van der Waals surface area contributed by atoms with Gasteiger partial charge in [-0.25, -0.2) is 0 Å². The van der Waals surface area contributed by atoms with Gasteiger partial charge in [0.25, 0.3) is 5.69 Å². The zero-order chi connectivity index (χ0) is 22.4. The molecule has 0 saturated carbocycles. The molecule has 0 unspecified atom stereocenters. The van der Waals surface area contributed by atoms with E-state index in [0.717, 1.165) is 9.13 Å². The van der Waals surface area contributed by atoms with Gasteiger partial charge in [0, 0.05) is 22.7 Å². The topological polar surface area (TPSA) is 85.4 Å². The lowest BCUT2D eigenvalue weighted by Crippen LogP contribution is -2.01. The van der Waals surface area contributed by atoms with E-state index in [1.54, 1.807) is 42.5 Å². The maximum atomic E-state index is 11.0. The molecule has 0 saturated heterocycles. The fraction of sp³-hybridized carbons (Fsp3) is 0.0870. The Labute approximate surface area is 198 Å². The number of rotatable bonds is 7. The molecular formula is C23H16ClIN2O4. The Kier molecular flexibility index (Phi) is 7.50. The second kappa shape index (κ2) is 10.3. The molecule has 156 valence electrons. The Hall–Kier alpha value is -3.09. The third-order valence-corrected chi connectivity index (χ3v) is 5.48. The SMILES string of the molecule is COc1cc(C=C(C#N)c2ccccc2Cl)cc(I)c1OCc1cccc([N+](=O)[O-])c1. The normalized spacial score (nSPS) is 11.0. The number of nitriles is 1. The van der Waals surface area contributed by atoms with Crippen molar-refractivity contribution in [2.75, 3.05) is 7.11 Å².